The van der Waals surface area contributed by atoms with E-state index in [1.807, 2.05) is 6.07 Å². The van der Waals surface area contributed by atoms with Crippen molar-refractivity contribution in [2.24, 2.45) is 0 Å². The number of rotatable bonds is 5. The van der Waals surface area contributed by atoms with E-state index in [0.717, 1.165) is 5.56 Å². The number of aryl methyl sites for hydroxylation is 1. The zero-order valence-corrected chi connectivity index (χ0v) is 11.1. The van der Waals surface area contributed by atoms with E-state index in [4.69, 9.17) is 28.3 Å². The van der Waals surface area contributed by atoms with Crippen LogP contribution in [0.5, 0.6) is 0 Å². The van der Waals surface area contributed by atoms with E-state index < -0.39 is 6.10 Å². The van der Waals surface area contributed by atoms with E-state index in [1.165, 1.54) is 0 Å². The third-order valence-electron chi connectivity index (χ3n) is 2.25. The van der Waals surface area contributed by atoms with Crippen molar-refractivity contribution < 1.29 is 9.90 Å². The van der Waals surface area contributed by atoms with Gasteiger partial charge in [-0.25, -0.2) is 0 Å². The largest absolute Gasteiger partial charge is 0.392 e. The van der Waals surface area contributed by atoms with E-state index in [9.17, 15) is 4.79 Å². The first-order chi connectivity index (χ1) is 8.00. The van der Waals surface area contributed by atoms with Crippen molar-refractivity contribution in [1.82, 2.24) is 5.32 Å². The SMILES string of the molecule is CC(O)CNC(=O)CCc1cccc(Cl)c1Cl. The number of hydrogen-bond donors (Lipinski definition) is 2. The van der Waals surface area contributed by atoms with Crippen molar-refractivity contribution in [3.05, 3.63) is 33.8 Å². The van der Waals surface area contributed by atoms with Gasteiger partial charge in [-0.2, -0.15) is 0 Å². The molecule has 94 valence electrons. The highest BCUT2D eigenvalue weighted by molar-refractivity contribution is 6.42. The van der Waals surface area contributed by atoms with Crippen molar-refractivity contribution in [3.63, 3.8) is 0 Å². The van der Waals surface area contributed by atoms with Crippen LogP contribution in [0.15, 0.2) is 18.2 Å². The number of amides is 1. The number of nitrogens with one attached hydrogen (secondary N) is 1. The summed E-state index contributed by atoms with van der Waals surface area (Å²) in [5.74, 6) is -0.109. The minimum absolute atomic E-state index is 0.109. The molecule has 1 unspecified atom stereocenters. The summed E-state index contributed by atoms with van der Waals surface area (Å²) in [6.07, 6.45) is 0.325. The molecule has 0 bridgehead atoms. The Kier molecular flexibility index (Phi) is 5.75. The predicted molar refractivity (Wildman–Crippen MR) is 69.5 cm³/mol. The maximum atomic E-state index is 11.4. The molecule has 1 aromatic carbocycles. The summed E-state index contributed by atoms with van der Waals surface area (Å²) in [6, 6.07) is 5.36. The molecule has 0 aliphatic heterocycles. The van der Waals surface area contributed by atoms with Gasteiger partial charge in [0.05, 0.1) is 16.1 Å². The van der Waals surface area contributed by atoms with Crippen LogP contribution in [-0.4, -0.2) is 23.7 Å². The molecule has 1 amide bonds. The second-order valence-electron chi connectivity index (χ2n) is 3.87. The average Bonchev–Trinajstić information content (AvgIpc) is 2.28. The number of aliphatic hydroxyl groups is 1. The Balaban J connectivity index is 2.45. The molecule has 0 aliphatic rings. The second kappa shape index (κ2) is 6.84. The van der Waals surface area contributed by atoms with E-state index in [1.54, 1.807) is 19.1 Å². The van der Waals surface area contributed by atoms with Crippen LogP contribution in [0.3, 0.4) is 0 Å². The number of benzene rings is 1. The second-order valence-corrected chi connectivity index (χ2v) is 4.65. The molecule has 1 aromatic rings. The topological polar surface area (TPSA) is 49.3 Å². The average molecular weight is 276 g/mol. The summed E-state index contributed by atoms with van der Waals surface area (Å²) in [7, 11) is 0. The van der Waals surface area contributed by atoms with Gasteiger partial charge in [0, 0.05) is 13.0 Å². The summed E-state index contributed by atoms with van der Waals surface area (Å²) in [5.41, 5.74) is 0.853. The molecule has 17 heavy (non-hydrogen) atoms. The lowest BCUT2D eigenvalue weighted by atomic mass is 10.1. The first kappa shape index (κ1) is 14.3. The van der Waals surface area contributed by atoms with Gasteiger partial charge in [-0.1, -0.05) is 35.3 Å². The van der Waals surface area contributed by atoms with Crippen molar-refractivity contribution in [2.75, 3.05) is 6.54 Å². The van der Waals surface area contributed by atoms with Gasteiger partial charge >= 0.3 is 0 Å². The summed E-state index contributed by atoms with van der Waals surface area (Å²) < 4.78 is 0. The van der Waals surface area contributed by atoms with Crippen LogP contribution in [0.4, 0.5) is 0 Å². The molecule has 0 saturated carbocycles. The molecule has 5 heteroatoms. The molecule has 0 radical (unpaired) electrons. The molecule has 1 atom stereocenters. The van der Waals surface area contributed by atoms with E-state index >= 15 is 0 Å². The van der Waals surface area contributed by atoms with Gasteiger partial charge in [0.15, 0.2) is 0 Å². The van der Waals surface area contributed by atoms with Crippen LogP contribution in [0, 0.1) is 0 Å². The fraction of sp³-hybridized carbons (Fsp3) is 0.417. The fourth-order valence-corrected chi connectivity index (χ4v) is 1.75. The molecule has 0 saturated heterocycles. The lowest BCUT2D eigenvalue weighted by Gasteiger charge is -2.08. The highest BCUT2D eigenvalue weighted by Gasteiger charge is 2.07. The van der Waals surface area contributed by atoms with Crippen LogP contribution in [-0.2, 0) is 11.2 Å². The van der Waals surface area contributed by atoms with Gasteiger partial charge in [-0.3, -0.25) is 4.79 Å². The number of carbonyl (C=O) groups excluding carboxylic acids is 1. The Bertz CT molecular complexity index is 394. The van der Waals surface area contributed by atoms with Gasteiger partial charge in [-0.05, 0) is 25.0 Å². The summed E-state index contributed by atoms with van der Waals surface area (Å²) in [6.45, 7) is 1.89. The standard InChI is InChI=1S/C12H15Cl2NO2/c1-8(16)7-15-11(17)6-5-9-3-2-4-10(13)12(9)14/h2-4,8,16H,5-7H2,1H3,(H,15,17). The Labute approximate surface area is 111 Å². The third-order valence-corrected chi connectivity index (χ3v) is 3.11. The molecule has 0 aromatic heterocycles. The summed E-state index contributed by atoms with van der Waals surface area (Å²) >= 11 is 11.9. The first-order valence-corrected chi connectivity index (χ1v) is 6.14. The van der Waals surface area contributed by atoms with Crippen LogP contribution >= 0.6 is 23.2 Å². The summed E-state index contributed by atoms with van der Waals surface area (Å²) in [5, 5.41) is 12.6. The Morgan fingerprint density at radius 3 is 2.82 bits per heavy atom. The minimum atomic E-state index is -0.534. The van der Waals surface area contributed by atoms with Gasteiger partial charge in [0.1, 0.15) is 0 Å². The zero-order chi connectivity index (χ0) is 12.8. The maximum Gasteiger partial charge on any atom is 0.220 e. The molecular formula is C12H15Cl2NO2. The van der Waals surface area contributed by atoms with Crippen molar-refractivity contribution >= 4 is 29.1 Å². The van der Waals surface area contributed by atoms with Crippen LogP contribution in [0.1, 0.15) is 18.9 Å². The first-order valence-electron chi connectivity index (χ1n) is 5.38. The van der Waals surface area contributed by atoms with Gasteiger partial charge in [0.25, 0.3) is 0 Å². The van der Waals surface area contributed by atoms with Crippen LogP contribution in [0.25, 0.3) is 0 Å². The molecule has 1 rings (SSSR count). The molecule has 0 spiro atoms. The quantitative estimate of drug-likeness (QED) is 0.867. The lowest BCUT2D eigenvalue weighted by Crippen LogP contribution is -2.30. The normalized spacial score (nSPS) is 12.2. The molecule has 0 fully saturated rings. The van der Waals surface area contributed by atoms with E-state index in [-0.39, 0.29) is 12.5 Å². The Morgan fingerprint density at radius 2 is 2.18 bits per heavy atom. The summed E-state index contributed by atoms with van der Waals surface area (Å²) in [4.78, 5) is 11.4. The Hall–Kier alpha value is -0.770. The molecular weight excluding hydrogens is 261 g/mol. The highest BCUT2D eigenvalue weighted by Crippen LogP contribution is 2.26. The molecule has 2 N–H and O–H groups in total. The third kappa shape index (κ3) is 4.94. The van der Waals surface area contributed by atoms with Crippen LogP contribution in [0.2, 0.25) is 10.0 Å². The molecule has 0 heterocycles. The number of halogens is 2. The maximum absolute atomic E-state index is 11.4. The highest BCUT2D eigenvalue weighted by atomic mass is 35.5. The van der Waals surface area contributed by atoms with Crippen molar-refractivity contribution in [2.45, 2.75) is 25.9 Å². The number of carbonyl (C=O) groups is 1. The monoisotopic (exact) mass is 275 g/mol. The van der Waals surface area contributed by atoms with Crippen molar-refractivity contribution in [1.29, 1.82) is 0 Å². The smallest absolute Gasteiger partial charge is 0.220 e. The predicted octanol–water partition coefficient (Wildman–Crippen LogP) is 2.42. The van der Waals surface area contributed by atoms with Gasteiger partial charge < -0.3 is 10.4 Å². The lowest BCUT2D eigenvalue weighted by molar-refractivity contribution is -0.121. The minimum Gasteiger partial charge on any atom is -0.392 e. The van der Waals surface area contributed by atoms with Crippen LogP contribution < -0.4 is 5.32 Å². The fourth-order valence-electron chi connectivity index (χ4n) is 1.34. The molecule has 0 aliphatic carbocycles. The number of hydrogen-bond acceptors (Lipinski definition) is 2. The van der Waals surface area contributed by atoms with Gasteiger partial charge in [0.2, 0.25) is 5.91 Å². The van der Waals surface area contributed by atoms with E-state index in [0.29, 0.717) is 22.9 Å². The van der Waals surface area contributed by atoms with E-state index in [2.05, 4.69) is 5.32 Å². The number of aliphatic hydroxyl groups excluding tert-OH is 1. The Morgan fingerprint density at radius 1 is 1.47 bits per heavy atom. The van der Waals surface area contributed by atoms with Crippen molar-refractivity contribution in [3.8, 4) is 0 Å². The zero-order valence-electron chi connectivity index (χ0n) is 9.54. The molecule has 3 nitrogen and oxygen atoms in total. The van der Waals surface area contributed by atoms with Gasteiger partial charge in [-0.15, -0.1) is 0 Å².